The van der Waals surface area contributed by atoms with Gasteiger partial charge >= 0.3 is 0 Å². The van der Waals surface area contributed by atoms with Crippen LogP contribution >= 0.6 is 23.2 Å². The third-order valence-electron chi connectivity index (χ3n) is 2.80. The number of amidine groups is 1. The van der Waals surface area contributed by atoms with E-state index in [0.29, 0.717) is 33.4 Å². The lowest BCUT2D eigenvalue weighted by molar-refractivity contribution is 0.318. The zero-order valence-corrected chi connectivity index (χ0v) is 12.3. The van der Waals surface area contributed by atoms with Gasteiger partial charge in [0.1, 0.15) is 5.82 Å². The van der Waals surface area contributed by atoms with Crippen LogP contribution in [0.3, 0.4) is 0 Å². The van der Waals surface area contributed by atoms with Crippen molar-refractivity contribution < 1.29 is 9.60 Å². The van der Waals surface area contributed by atoms with E-state index in [2.05, 4.69) is 10.5 Å². The molecule has 2 aromatic rings. The number of hydrogen-bond acceptors (Lipinski definition) is 3. The lowest BCUT2D eigenvalue weighted by atomic mass is 10.1. The Bertz CT molecular complexity index is 672. The summed E-state index contributed by atoms with van der Waals surface area (Å²) in [6.45, 7) is 0.336. The molecule has 0 aliphatic rings. The smallest absolute Gasteiger partial charge is 0.170 e. The van der Waals surface area contributed by atoms with Crippen LogP contribution in [0.2, 0.25) is 10.0 Å². The van der Waals surface area contributed by atoms with Gasteiger partial charge in [0.15, 0.2) is 5.84 Å². The van der Waals surface area contributed by atoms with E-state index in [-0.39, 0.29) is 5.84 Å². The molecule has 0 aliphatic carbocycles. The summed E-state index contributed by atoms with van der Waals surface area (Å²) in [5, 5.41) is 15.7. The standard InChI is InChI=1S/C14H12Cl2FN3O/c15-9-3-10(16)5-12(4-9)19-7-8-1-2-11(17)6-13(8)14(18)20-21/h1-6,19,21H,7H2,(H2,18,20). The van der Waals surface area contributed by atoms with Gasteiger partial charge in [-0.1, -0.05) is 34.4 Å². The number of oxime groups is 1. The van der Waals surface area contributed by atoms with Gasteiger partial charge < -0.3 is 16.3 Å². The Balaban J connectivity index is 2.23. The van der Waals surface area contributed by atoms with Crippen LogP contribution in [0.4, 0.5) is 10.1 Å². The number of anilines is 1. The maximum atomic E-state index is 13.3. The van der Waals surface area contributed by atoms with E-state index in [1.807, 2.05) is 0 Å². The lowest BCUT2D eigenvalue weighted by Crippen LogP contribution is -2.17. The van der Waals surface area contributed by atoms with Gasteiger partial charge in [0.05, 0.1) is 0 Å². The molecule has 0 bridgehead atoms. The Labute approximate surface area is 131 Å². The number of benzene rings is 2. The monoisotopic (exact) mass is 327 g/mol. The Kier molecular flexibility index (Phi) is 4.88. The van der Waals surface area contributed by atoms with E-state index in [4.69, 9.17) is 34.1 Å². The molecule has 110 valence electrons. The van der Waals surface area contributed by atoms with Gasteiger partial charge in [0, 0.05) is 27.8 Å². The zero-order valence-electron chi connectivity index (χ0n) is 10.8. The van der Waals surface area contributed by atoms with Gasteiger partial charge in [0.2, 0.25) is 0 Å². The second-order valence-electron chi connectivity index (χ2n) is 4.30. The molecule has 0 saturated heterocycles. The van der Waals surface area contributed by atoms with E-state index < -0.39 is 5.82 Å². The van der Waals surface area contributed by atoms with Crippen molar-refractivity contribution in [3.05, 3.63) is 63.4 Å². The van der Waals surface area contributed by atoms with Gasteiger partial charge in [-0.3, -0.25) is 0 Å². The van der Waals surface area contributed by atoms with E-state index in [1.165, 1.54) is 12.1 Å². The molecule has 4 N–H and O–H groups in total. The summed E-state index contributed by atoms with van der Waals surface area (Å²) in [6, 6.07) is 9.10. The molecule has 7 heteroatoms. The molecule has 0 spiro atoms. The quantitative estimate of drug-likeness (QED) is 0.346. The Morgan fingerprint density at radius 3 is 2.48 bits per heavy atom. The van der Waals surface area contributed by atoms with Crippen LogP contribution in [0.5, 0.6) is 0 Å². The molecule has 4 nitrogen and oxygen atoms in total. The van der Waals surface area contributed by atoms with Crippen LogP contribution in [-0.2, 0) is 6.54 Å². The predicted molar refractivity (Wildman–Crippen MR) is 82.7 cm³/mol. The van der Waals surface area contributed by atoms with E-state index in [1.54, 1.807) is 24.3 Å². The Hall–Kier alpha value is -1.98. The highest BCUT2D eigenvalue weighted by Crippen LogP contribution is 2.23. The Morgan fingerprint density at radius 1 is 1.19 bits per heavy atom. The van der Waals surface area contributed by atoms with Gasteiger partial charge in [-0.2, -0.15) is 0 Å². The third-order valence-corrected chi connectivity index (χ3v) is 3.24. The number of nitrogens with one attached hydrogen (secondary N) is 1. The van der Waals surface area contributed by atoms with Crippen LogP contribution in [0, 0.1) is 5.82 Å². The lowest BCUT2D eigenvalue weighted by Gasteiger charge is -2.11. The molecule has 0 saturated carbocycles. The summed E-state index contributed by atoms with van der Waals surface area (Å²) in [4.78, 5) is 0. The fourth-order valence-corrected chi connectivity index (χ4v) is 2.37. The minimum Gasteiger partial charge on any atom is -0.409 e. The summed E-state index contributed by atoms with van der Waals surface area (Å²) < 4.78 is 13.3. The van der Waals surface area contributed by atoms with Crippen LogP contribution in [0.25, 0.3) is 0 Å². The SMILES string of the molecule is NC(=NO)c1cc(F)ccc1CNc1cc(Cl)cc(Cl)c1. The molecule has 0 atom stereocenters. The van der Waals surface area contributed by atoms with Crippen molar-refractivity contribution in [2.24, 2.45) is 10.9 Å². The molecule has 0 amide bonds. The minimum atomic E-state index is -0.467. The van der Waals surface area contributed by atoms with E-state index in [0.717, 1.165) is 0 Å². The van der Waals surface area contributed by atoms with Crippen LogP contribution in [-0.4, -0.2) is 11.0 Å². The van der Waals surface area contributed by atoms with E-state index >= 15 is 0 Å². The van der Waals surface area contributed by atoms with Gasteiger partial charge in [-0.05, 0) is 35.9 Å². The molecule has 0 aromatic heterocycles. The molecule has 2 rings (SSSR count). The molecule has 0 heterocycles. The highest BCUT2D eigenvalue weighted by Gasteiger charge is 2.09. The minimum absolute atomic E-state index is 0.157. The first kappa shape index (κ1) is 15.4. The average molecular weight is 328 g/mol. The fourth-order valence-electron chi connectivity index (χ4n) is 1.85. The first-order valence-electron chi connectivity index (χ1n) is 5.96. The first-order chi connectivity index (χ1) is 9.99. The van der Waals surface area contributed by atoms with Crippen molar-refractivity contribution in [1.29, 1.82) is 0 Å². The summed E-state index contributed by atoms with van der Waals surface area (Å²) in [6.07, 6.45) is 0. The summed E-state index contributed by atoms with van der Waals surface area (Å²) in [7, 11) is 0. The molecular formula is C14H12Cl2FN3O. The van der Waals surface area contributed by atoms with Crippen molar-refractivity contribution in [2.75, 3.05) is 5.32 Å². The highest BCUT2D eigenvalue weighted by atomic mass is 35.5. The van der Waals surface area contributed by atoms with E-state index in [9.17, 15) is 4.39 Å². The number of halogens is 3. The topological polar surface area (TPSA) is 70.6 Å². The number of rotatable bonds is 4. The molecule has 0 aliphatic heterocycles. The summed E-state index contributed by atoms with van der Waals surface area (Å²) in [5.41, 5.74) is 7.24. The second-order valence-corrected chi connectivity index (χ2v) is 5.17. The maximum Gasteiger partial charge on any atom is 0.170 e. The highest BCUT2D eigenvalue weighted by molar-refractivity contribution is 6.35. The molecule has 0 fully saturated rings. The molecule has 2 aromatic carbocycles. The summed E-state index contributed by atoms with van der Waals surface area (Å²) in [5.74, 6) is -0.624. The average Bonchev–Trinajstić information content (AvgIpc) is 2.44. The zero-order chi connectivity index (χ0) is 15.4. The number of nitrogens with zero attached hydrogens (tertiary/aromatic N) is 1. The van der Waals surface area contributed by atoms with Crippen molar-refractivity contribution in [2.45, 2.75) is 6.54 Å². The van der Waals surface area contributed by atoms with Crippen molar-refractivity contribution in [3.63, 3.8) is 0 Å². The first-order valence-corrected chi connectivity index (χ1v) is 6.71. The molecule has 0 unspecified atom stereocenters. The van der Waals surface area contributed by atoms with Gasteiger partial charge in [0.25, 0.3) is 0 Å². The predicted octanol–water partition coefficient (Wildman–Crippen LogP) is 3.84. The number of hydrogen-bond donors (Lipinski definition) is 3. The van der Waals surface area contributed by atoms with Crippen molar-refractivity contribution in [3.8, 4) is 0 Å². The molecular weight excluding hydrogens is 316 g/mol. The van der Waals surface area contributed by atoms with Gasteiger partial charge in [-0.15, -0.1) is 0 Å². The summed E-state index contributed by atoms with van der Waals surface area (Å²) >= 11 is 11.8. The van der Waals surface area contributed by atoms with Crippen LogP contribution in [0.15, 0.2) is 41.6 Å². The number of nitrogens with two attached hydrogens (primary N) is 1. The second kappa shape index (κ2) is 6.65. The molecule has 0 radical (unpaired) electrons. The molecule has 21 heavy (non-hydrogen) atoms. The largest absolute Gasteiger partial charge is 0.409 e. The maximum absolute atomic E-state index is 13.3. The van der Waals surface area contributed by atoms with Crippen molar-refractivity contribution in [1.82, 2.24) is 0 Å². The van der Waals surface area contributed by atoms with Crippen LogP contribution in [0.1, 0.15) is 11.1 Å². The van der Waals surface area contributed by atoms with Gasteiger partial charge in [-0.25, -0.2) is 4.39 Å². The van der Waals surface area contributed by atoms with Crippen LogP contribution < -0.4 is 11.1 Å². The third kappa shape index (κ3) is 4.00. The van der Waals surface area contributed by atoms with Crippen molar-refractivity contribution >= 4 is 34.7 Å². The fraction of sp³-hybridized carbons (Fsp3) is 0.0714. The Morgan fingerprint density at radius 2 is 1.86 bits per heavy atom. The normalized spacial score (nSPS) is 11.5.